The molecule has 0 radical (unpaired) electrons. The lowest BCUT2D eigenvalue weighted by Gasteiger charge is -2.57. The van der Waals surface area contributed by atoms with Crippen LogP contribution in [0.15, 0.2) is 10.5 Å². The molecule has 0 spiro atoms. The first kappa shape index (κ1) is 23.1. The molecular weight excluding hydrogens is 482 g/mol. The molecule has 4 N–H and O–H groups in total. The lowest BCUT2D eigenvalue weighted by atomic mass is 9.81. The molecule has 4 heterocycles. The third-order valence-electron chi connectivity index (χ3n) is 5.51. The molecule has 12 nitrogen and oxygen atoms in total. The molecule has 3 fully saturated rings. The summed E-state index contributed by atoms with van der Waals surface area (Å²) in [6.07, 6.45) is 1.13. The van der Waals surface area contributed by atoms with Crippen molar-refractivity contribution in [1.82, 2.24) is 15.2 Å². The maximum absolute atomic E-state index is 12.9. The zero-order valence-corrected chi connectivity index (χ0v) is 19.5. The minimum atomic E-state index is -1.33. The molecule has 1 aromatic rings. The Bertz CT molecular complexity index is 953. The van der Waals surface area contributed by atoms with Gasteiger partial charge in [0.05, 0.1) is 11.2 Å². The number of nitrogens with two attached hydrogens (primary N) is 1. The van der Waals surface area contributed by atoms with E-state index in [2.05, 4.69) is 15.5 Å². The summed E-state index contributed by atoms with van der Waals surface area (Å²) in [5.74, 6) is -2.07. The molecule has 0 bridgehead atoms. The van der Waals surface area contributed by atoms with Crippen molar-refractivity contribution in [3.05, 3.63) is 11.1 Å². The third kappa shape index (κ3) is 3.71. The van der Waals surface area contributed by atoms with Crippen LogP contribution in [0.1, 0.15) is 5.69 Å². The van der Waals surface area contributed by atoms with Gasteiger partial charge in [0.2, 0.25) is 5.91 Å². The molecule has 4 rings (SSSR count). The fourth-order valence-electron chi connectivity index (χ4n) is 3.94. The first-order valence-corrected chi connectivity index (χ1v) is 12.5. The summed E-state index contributed by atoms with van der Waals surface area (Å²) in [5.41, 5.74) is 4.44. The number of hydrogen-bond acceptors (Lipinski definition) is 12. The molecule has 1 aromatic heterocycles. The second-order valence-corrected chi connectivity index (χ2v) is 10.6. The summed E-state index contributed by atoms with van der Waals surface area (Å²) in [6, 6.07) is -0.840. The van der Waals surface area contributed by atoms with Gasteiger partial charge in [-0.1, -0.05) is 5.16 Å². The predicted octanol–water partition coefficient (Wildman–Crippen LogP) is -0.391. The molecule has 4 unspecified atom stereocenters. The van der Waals surface area contributed by atoms with Gasteiger partial charge in [0.15, 0.2) is 10.8 Å². The minimum Gasteiger partial charge on any atom is -0.481 e. The highest BCUT2D eigenvalue weighted by Crippen LogP contribution is 2.53. The van der Waals surface area contributed by atoms with E-state index in [1.54, 1.807) is 5.38 Å². The first-order chi connectivity index (χ1) is 15.3. The normalized spacial score (nSPS) is 32.2. The largest absolute Gasteiger partial charge is 0.481 e. The summed E-state index contributed by atoms with van der Waals surface area (Å²) in [7, 11) is 1.29. The predicted molar refractivity (Wildman–Crippen MR) is 118 cm³/mol. The minimum absolute atomic E-state index is 0.0181. The standard InChI is InChI=1S/C17H21N5O7S3/c1-27-21-9(7-4-31-16(18)19-7)11(23)20-10-12(24)22-5-17(14(25)26,8-3-28-6-29-8)15(30-2)32-13(10)22/h4,8,10,13,15H,3,5-6H2,1-2H3,(H2,18,19)(H,20,23)(H,25,26)/t8?,10?,13-,15?,17?/m1/s1. The van der Waals surface area contributed by atoms with Crippen LogP contribution in [0.3, 0.4) is 0 Å². The molecule has 32 heavy (non-hydrogen) atoms. The van der Waals surface area contributed by atoms with E-state index in [0.717, 1.165) is 11.3 Å². The average molecular weight is 504 g/mol. The number of carbonyl (C=O) groups is 3. The monoisotopic (exact) mass is 503 g/mol. The highest BCUT2D eigenvalue weighted by molar-refractivity contribution is 8.17. The number of rotatable bonds is 7. The zero-order valence-electron chi connectivity index (χ0n) is 17.0. The van der Waals surface area contributed by atoms with Crippen molar-refractivity contribution in [3.63, 3.8) is 0 Å². The second-order valence-electron chi connectivity index (χ2n) is 7.19. The maximum Gasteiger partial charge on any atom is 0.316 e. The van der Waals surface area contributed by atoms with E-state index in [1.807, 2.05) is 6.26 Å². The van der Waals surface area contributed by atoms with Gasteiger partial charge in [-0.2, -0.15) is 0 Å². The number of thioether (sulfide) groups is 2. The Kier molecular flexibility index (Phi) is 6.53. The fraction of sp³-hybridized carbons (Fsp3) is 0.588. The number of thiazole rings is 1. The number of amides is 2. The topological polar surface area (TPSA) is 166 Å². The highest BCUT2D eigenvalue weighted by atomic mass is 32.2. The molecule has 5 atom stereocenters. The molecule has 3 aliphatic rings. The number of anilines is 1. The van der Waals surface area contributed by atoms with Crippen molar-refractivity contribution in [2.24, 2.45) is 10.6 Å². The van der Waals surface area contributed by atoms with Gasteiger partial charge in [-0.25, -0.2) is 4.98 Å². The Labute approximate surface area is 195 Å². The number of nitrogens with one attached hydrogen (secondary N) is 1. The molecule has 2 amide bonds. The Hall–Kier alpha value is -2.07. The second kappa shape index (κ2) is 9.05. The fourth-order valence-corrected chi connectivity index (χ4v) is 7.51. The van der Waals surface area contributed by atoms with Crippen molar-refractivity contribution < 1.29 is 33.8 Å². The molecular formula is C17H21N5O7S3. The first-order valence-electron chi connectivity index (χ1n) is 9.38. The van der Waals surface area contributed by atoms with Crippen LogP contribution in [0.5, 0.6) is 0 Å². The molecule has 0 aliphatic carbocycles. The van der Waals surface area contributed by atoms with Crippen molar-refractivity contribution in [1.29, 1.82) is 0 Å². The molecule has 174 valence electrons. The van der Waals surface area contributed by atoms with Crippen LogP contribution in [0, 0.1) is 5.41 Å². The SMILES string of the molecule is CON=C(C(=O)NC1C(=O)N2CC(C(=O)O)(C3COCO3)C(SC)S[C@H]12)c1csc(N)n1. The van der Waals surface area contributed by atoms with Gasteiger partial charge in [-0.15, -0.1) is 34.9 Å². The van der Waals surface area contributed by atoms with Crippen LogP contribution >= 0.6 is 34.9 Å². The summed E-state index contributed by atoms with van der Waals surface area (Å²) >= 11 is 3.83. The van der Waals surface area contributed by atoms with E-state index in [4.69, 9.17) is 20.0 Å². The number of fused-ring (bicyclic) bond motifs is 1. The van der Waals surface area contributed by atoms with Crippen molar-refractivity contribution >= 4 is 63.5 Å². The van der Waals surface area contributed by atoms with Gasteiger partial charge >= 0.3 is 5.97 Å². The van der Waals surface area contributed by atoms with Gasteiger partial charge in [0.25, 0.3) is 5.91 Å². The quantitative estimate of drug-likeness (QED) is 0.252. The van der Waals surface area contributed by atoms with Crippen LogP contribution in [-0.2, 0) is 28.7 Å². The van der Waals surface area contributed by atoms with Gasteiger partial charge in [0, 0.05) is 11.9 Å². The van der Waals surface area contributed by atoms with Gasteiger partial charge in [-0.05, 0) is 6.26 Å². The number of oxime groups is 1. The number of carboxylic acids is 1. The Morgan fingerprint density at radius 1 is 1.53 bits per heavy atom. The molecule has 0 saturated carbocycles. The Balaban J connectivity index is 1.53. The van der Waals surface area contributed by atoms with Gasteiger partial charge < -0.3 is 35.4 Å². The van der Waals surface area contributed by atoms with Crippen LogP contribution in [0.4, 0.5) is 5.13 Å². The van der Waals surface area contributed by atoms with Crippen LogP contribution in [-0.4, -0.2) is 93.9 Å². The molecule has 15 heteroatoms. The number of hydrogen-bond donors (Lipinski definition) is 3. The van der Waals surface area contributed by atoms with Gasteiger partial charge in [0.1, 0.15) is 42.5 Å². The summed E-state index contributed by atoms with van der Waals surface area (Å²) in [5, 5.41) is 17.9. The number of aromatic nitrogens is 1. The van der Waals surface area contributed by atoms with Crippen molar-refractivity contribution in [3.8, 4) is 0 Å². The molecule has 0 aromatic carbocycles. The smallest absolute Gasteiger partial charge is 0.316 e. The number of carbonyl (C=O) groups excluding carboxylic acids is 2. The van der Waals surface area contributed by atoms with E-state index in [-0.39, 0.29) is 42.4 Å². The Morgan fingerprint density at radius 3 is 2.88 bits per heavy atom. The molecule has 3 saturated heterocycles. The van der Waals surface area contributed by atoms with E-state index in [1.165, 1.54) is 35.5 Å². The summed E-state index contributed by atoms with van der Waals surface area (Å²) < 4.78 is 10.4. The van der Waals surface area contributed by atoms with E-state index < -0.39 is 39.4 Å². The molecule has 3 aliphatic heterocycles. The van der Waals surface area contributed by atoms with Crippen molar-refractivity contribution in [2.45, 2.75) is 22.1 Å². The number of ether oxygens (including phenoxy) is 2. The number of nitrogen functional groups attached to an aromatic ring is 1. The van der Waals surface area contributed by atoms with Crippen LogP contribution in [0.2, 0.25) is 0 Å². The van der Waals surface area contributed by atoms with E-state index in [9.17, 15) is 19.5 Å². The lowest BCUT2D eigenvalue weighted by molar-refractivity contribution is -0.166. The number of nitrogens with zero attached hydrogens (tertiary/aromatic N) is 3. The van der Waals surface area contributed by atoms with E-state index in [0.29, 0.717) is 0 Å². The van der Waals surface area contributed by atoms with Gasteiger partial charge in [-0.3, -0.25) is 14.4 Å². The summed E-state index contributed by atoms with van der Waals surface area (Å²) in [4.78, 5) is 48.4. The third-order valence-corrected chi connectivity index (χ3v) is 9.42. The lowest BCUT2D eigenvalue weighted by Crippen LogP contribution is -2.76. The number of aliphatic carboxylic acids is 1. The summed E-state index contributed by atoms with van der Waals surface area (Å²) in [6.45, 7) is 0.126. The maximum atomic E-state index is 12.9. The van der Waals surface area contributed by atoms with Crippen LogP contribution in [0.25, 0.3) is 0 Å². The Morgan fingerprint density at radius 2 is 2.31 bits per heavy atom. The van der Waals surface area contributed by atoms with Crippen LogP contribution < -0.4 is 11.1 Å². The van der Waals surface area contributed by atoms with Crippen molar-refractivity contribution in [2.75, 3.05) is 39.0 Å². The number of β-lactam (4-membered cyclic amide) rings is 1. The number of carboxylic acid groups (broad SMARTS) is 1. The zero-order chi connectivity index (χ0) is 23.0. The average Bonchev–Trinajstić information content (AvgIpc) is 3.46. The van der Waals surface area contributed by atoms with E-state index >= 15 is 0 Å². The highest BCUT2D eigenvalue weighted by Gasteiger charge is 2.65.